The predicted molar refractivity (Wildman–Crippen MR) is 77.6 cm³/mol. The second-order valence-electron chi connectivity index (χ2n) is 4.61. The van der Waals surface area contributed by atoms with E-state index in [-0.39, 0.29) is 5.92 Å². The number of methoxy groups -OCH3 is 1. The zero-order chi connectivity index (χ0) is 14.5. The van der Waals surface area contributed by atoms with Gasteiger partial charge in [-0.2, -0.15) is 0 Å². The lowest BCUT2D eigenvalue weighted by Crippen LogP contribution is -2.33. The lowest BCUT2D eigenvalue weighted by Gasteiger charge is -2.19. The fourth-order valence-corrected chi connectivity index (χ4v) is 3.14. The summed E-state index contributed by atoms with van der Waals surface area (Å²) in [6.45, 7) is 5.45. The van der Waals surface area contributed by atoms with Crippen LogP contribution in [0.5, 0.6) is 5.75 Å². The van der Waals surface area contributed by atoms with Crippen LogP contribution in [0.25, 0.3) is 0 Å². The van der Waals surface area contributed by atoms with Gasteiger partial charge in [-0.15, -0.1) is 6.58 Å². The van der Waals surface area contributed by atoms with Crippen LogP contribution >= 0.6 is 0 Å². The molecule has 0 spiro atoms. The molecule has 0 saturated carbocycles. The first-order valence-corrected chi connectivity index (χ1v) is 7.76. The molecule has 0 radical (unpaired) electrons. The first-order chi connectivity index (χ1) is 8.88. The van der Waals surface area contributed by atoms with Gasteiger partial charge in [0.2, 0.25) is 10.0 Å². The summed E-state index contributed by atoms with van der Waals surface area (Å²) < 4.78 is 28.2. The van der Waals surface area contributed by atoms with E-state index in [9.17, 15) is 8.42 Å². The standard InChI is InChI=1S/C14H21NO3S/c1-4-11(2)14(19(15,16)17)10-7-12-5-8-13(18-3)9-6-12/h4-6,8-9,11,14H,1,7,10H2,2-3H3,(H2,15,16,17). The van der Waals surface area contributed by atoms with E-state index in [4.69, 9.17) is 9.88 Å². The van der Waals surface area contributed by atoms with Crippen molar-refractivity contribution in [3.8, 4) is 5.75 Å². The van der Waals surface area contributed by atoms with Crippen LogP contribution in [-0.2, 0) is 16.4 Å². The van der Waals surface area contributed by atoms with Gasteiger partial charge in [0.25, 0.3) is 0 Å². The van der Waals surface area contributed by atoms with Gasteiger partial charge in [0.15, 0.2) is 0 Å². The summed E-state index contributed by atoms with van der Waals surface area (Å²) in [5, 5.41) is 4.68. The molecule has 0 fully saturated rings. The summed E-state index contributed by atoms with van der Waals surface area (Å²) in [6.07, 6.45) is 2.77. The average Bonchev–Trinajstić information content (AvgIpc) is 2.37. The minimum absolute atomic E-state index is 0.159. The van der Waals surface area contributed by atoms with Gasteiger partial charge in [0, 0.05) is 0 Å². The fourth-order valence-electron chi connectivity index (χ4n) is 1.98. The van der Waals surface area contributed by atoms with Gasteiger partial charge in [0.05, 0.1) is 12.4 Å². The van der Waals surface area contributed by atoms with E-state index in [1.54, 1.807) is 13.2 Å². The monoisotopic (exact) mass is 283 g/mol. The molecule has 0 bridgehead atoms. The molecule has 1 aromatic rings. The maximum atomic E-state index is 11.6. The van der Waals surface area contributed by atoms with Gasteiger partial charge < -0.3 is 4.74 Å². The van der Waals surface area contributed by atoms with Crippen LogP contribution in [0, 0.1) is 5.92 Å². The maximum Gasteiger partial charge on any atom is 0.212 e. The van der Waals surface area contributed by atoms with Gasteiger partial charge in [-0.1, -0.05) is 25.1 Å². The van der Waals surface area contributed by atoms with Crippen LogP contribution in [-0.4, -0.2) is 20.8 Å². The predicted octanol–water partition coefficient (Wildman–Crippen LogP) is 2.11. The first-order valence-electron chi connectivity index (χ1n) is 6.15. The van der Waals surface area contributed by atoms with E-state index in [0.29, 0.717) is 12.8 Å². The highest BCUT2D eigenvalue weighted by atomic mass is 32.2. The molecule has 4 nitrogen and oxygen atoms in total. The normalized spacial score (nSPS) is 14.7. The number of hydrogen-bond donors (Lipinski definition) is 1. The van der Waals surface area contributed by atoms with Crippen molar-refractivity contribution in [2.24, 2.45) is 11.1 Å². The molecule has 2 unspecified atom stereocenters. The zero-order valence-corrected chi connectivity index (χ0v) is 12.2. The summed E-state index contributed by atoms with van der Waals surface area (Å²) in [7, 11) is -1.95. The molecule has 2 N–H and O–H groups in total. The lowest BCUT2D eigenvalue weighted by molar-refractivity contribution is 0.414. The Labute approximate surface area is 115 Å². The Hall–Kier alpha value is -1.33. The molecule has 0 heterocycles. The van der Waals surface area contributed by atoms with Crippen molar-refractivity contribution in [2.75, 3.05) is 7.11 Å². The fraction of sp³-hybridized carbons (Fsp3) is 0.429. The lowest BCUT2D eigenvalue weighted by atomic mass is 10.0. The van der Waals surface area contributed by atoms with Crippen molar-refractivity contribution in [3.63, 3.8) is 0 Å². The molecular formula is C14H21NO3S. The molecule has 19 heavy (non-hydrogen) atoms. The van der Waals surface area contributed by atoms with Crippen LogP contribution < -0.4 is 9.88 Å². The summed E-state index contributed by atoms with van der Waals surface area (Å²) in [4.78, 5) is 0. The van der Waals surface area contributed by atoms with E-state index in [1.807, 2.05) is 31.2 Å². The van der Waals surface area contributed by atoms with E-state index >= 15 is 0 Å². The Kier molecular flexibility index (Phi) is 5.57. The summed E-state index contributed by atoms with van der Waals surface area (Å²) >= 11 is 0. The van der Waals surface area contributed by atoms with Gasteiger partial charge in [-0.05, 0) is 36.5 Å². The van der Waals surface area contributed by atoms with Crippen LogP contribution in [0.2, 0.25) is 0 Å². The maximum absolute atomic E-state index is 11.6. The molecule has 0 aliphatic carbocycles. The quantitative estimate of drug-likeness (QED) is 0.779. The molecule has 1 aromatic carbocycles. The van der Waals surface area contributed by atoms with E-state index in [2.05, 4.69) is 6.58 Å². The number of allylic oxidation sites excluding steroid dienone is 1. The van der Waals surface area contributed by atoms with Gasteiger partial charge in [-0.3, -0.25) is 0 Å². The van der Waals surface area contributed by atoms with Gasteiger partial charge in [-0.25, -0.2) is 13.6 Å². The minimum Gasteiger partial charge on any atom is -0.497 e. The topological polar surface area (TPSA) is 69.4 Å². The SMILES string of the molecule is C=CC(C)C(CCc1ccc(OC)cc1)S(N)(=O)=O. The van der Waals surface area contributed by atoms with Crippen molar-refractivity contribution in [2.45, 2.75) is 25.0 Å². The molecule has 0 aliphatic rings. The first kappa shape index (κ1) is 15.7. The number of ether oxygens (including phenoxy) is 1. The summed E-state index contributed by atoms with van der Waals surface area (Å²) in [6, 6.07) is 7.58. The van der Waals surface area contributed by atoms with E-state index in [0.717, 1.165) is 11.3 Å². The van der Waals surface area contributed by atoms with E-state index < -0.39 is 15.3 Å². The molecule has 5 heteroatoms. The van der Waals surface area contributed by atoms with Gasteiger partial charge >= 0.3 is 0 Å². The third-order valence-electron chi connectivity index (χ3n) is 3.26. The van der Waals surface area contributed by atoms with Crippen molar-refractivity contribution < 1.29 is 13.2 Å². The Morgan fingerprint density at radius 1 is 1.37 bits per heavy atom. The Balaban J connectivity index is 2.73. The number of rotatable bonds is 7. The highest BCUT2D eigenvalue weighted by Gasteiger charge is 2.25. The number of sulfonamides is 1. The molecule has 0 aliphatic heterocycles. The van der Waals surface area contributed by atoms with Crippen LogP contribution in [0.1, 0.15) is 18.9 Å². The second kappa shape index (κ2) is 6.73. The van der Waals surface area contributed by atoms with Crippen LogP contribution in [0.3, 0.4) is 0 Å². The summed E-state index contributed by atoms with van der Waals surface area (Å²) in [5.41, 5.74) is 1.06. The molecule has 0 saturated heterocycles. The number of nitrogens with two attached hydrogens (primary N) is 1. The molecule has 2 atom stereocenters. The van der Waals surface area contributed by atoms with Gasteiger partial charge in [0.1, 0.15) is 5.75 Å². The van der Waals surface area contributed by atoms with Crippen molar-refractivity contribution >= 4 is 10.0 Å². The largest absolute Gasteiger partial charge is 0.497 e. The van der Waals surface area contributed by atoms with Crippen molar-refractivity contribution in [1.82, 2.24) is 0 Å². The van der Waals surface area contributed by atoms with Crippen LogP contribution in [0.15, 0.2) is 36.9 Å². The molecule has 106 valence electrons. The number of hydrogen-bond acceptors (Lipinski definition) is 3. The third kappa shape index (κ3) is 4.69. The highest BCUT2D eigenvalue weighted by molar-refractivity contribution is 7.89. The minimum atomic E-state index is -3.56. The molecule has 0 amide bonds. The molecular weight excluding hydrogens is 262 g/mol. The smallest absolute Gasteiger partial charge is 0.212 e. The highest BCUT2D eigenvalue weighted by Crippen LogP contribution is 2.19. The Bertz CT molecular complexity index is 508. The van der Waals surface area contributed by atoms with E-state index in [1.165, 1.54) is 0 Å². The number of benzene rings is 1. The van der Waals surface area contributed by atoms with Crippen molar-refractivity contribution in [1.29, 1.82) is 0 Å². The third-order valence-corrected chi connectivity index (χ3v) is 4.77. The second-order valence-corrected chi connectivity index (χ2v) is 6.39. The number of primary sulfonamides is 1. The molecule has 1 rings (SSSR count). The van der Waals surface area contributed by atoms with Crippen LogP contribution in [0.4, 0.5) is 0 Å². The summed E-state index contributed by atoms with van der Waals surface area (Å²) in [5.74, 6) is 0.624. The Morgan fingerprint density at radius 2 is 1.95 bits per heavy atom. The van der Waals surface area contributed by atoms with Crippen molar-refractivity contribution in [3.05, 3.63) is 42.5 Å². The zero-order valence-electron chi connectivity index (χ0n) is 11.4. The number of aryl methyl sites for hydroxylation is 1. The Morgan fingerprint density at radius 3 is 2.37 bits per heavy atom. The average molecular weight is 283 g/mol. The molecule has 0 aromatic heterocycles.